The number of halogens is 2. The van der Waals surface area contributed by atoms with Crippen molar-refractivity contribution in [2.24, 2.45) is 5.92 Å². The lowest BCUT2D eigenvalue weighted by atomic mass is 9.99. The Morgan fingerprint density at radius 2 is 2.42 bits per heavy atom. The number of hydrogen-bond acceptors (Lipinski definition) is 3. The van der Waals surface area contributed by atoms with Gasteiger partial charge in [-0.2, -0.15) is 0 Å². The van der Waals surface area contributed by atoms with E-state index in [2.05, 4.69) is 38.1 Å². The zero-order valence-electron chi connectivity index (χ0n) is 11.3. The fourth-order valence-corrected chi connectivity index (χ4v) is 2.89. The number of anilines is 1. The Hall–Kier alpha value is -0.680. The molecule has 1 N–H and O–H groups in total. The van der Waals surface area contributed by atoms with Crippen molar-refractivity contribution in [3.05, 3.63) is 22.6 Å². The van der Waals surface area contributed by atoms with Crippen LogP contribution in [0.15, 0.2) is 16.7 Å². The van der Waals surface area contributed by atoms with E-state index >= 15 is 0 Å². The maximum absolute atomic E-state index is 14.0. The molecule has 1 unspecified atom stereocenters. The van der Waals surface area contributed by atoms with Gasteiger partial charge in [-0.1, -0.05) is 6.92 Å². The molecule has 1 saturated heterocycles. The monoisotopic (exact) mass is 329 g/mol. The van der Waals surface area contributed by atoms with E-state index in [9.17, 15) is 4.39 Å². The zero-order chi connectivity index (χ0) is 13.7. The van der Waals surface area contributed by atoms with Gasteiger partial charge in [-0.15, -0.1) is 0 Å². The predicted octanol–water partition coefficient (Wildman–Crippen LogP) is 3.20. The van der Waals surface area contributed by atoms with Crippen LogP contribution >= 0.6 is 15.9 Å². The molecule has 1 aromatic rings. The van der Waals surface area contributed by atoms with Crippen molar-refractivity contribution in [1.82, 2.24) is 10.3 Å². The van der Waals surface area contributed by atoms with Crippen LogP contribution in [0.3, 0.4) is 0 Å². The second-order valence-corrected chi connectivity index (χ2v) is 6.03. The number of hydrogen-bond donors (Lipinski definition) is 1. The largest absolute Gasteiger partial charge is 0.354 e. The minimum absolute atomic E-state index is 0.244. The lowest BCUT2D eigenvalue weighted by Gasteiger charge is -2.31. The van der Waals surface area contributed by atoms with Gasteiger partial charge in [0.1, 0.15) is 0 Å². The molecule has 2 rings (SSSR count). The summed E-state index contributed by atoms with van der Waals surface area (Å²) in [5, 5.41) is 3.41. The van der Waals surface area contributed by atoms with E-state index in [4.69, 9.17) is 0 Å². The molecular formula is C14H21BrFN3. The van der Waals surface area contributed by atoms with Crippen LogP contribution in [0.4, 0.5) is 10.2 Å². The third kappa shape index (κ3) is 4.14. The van der Waals surface area contributed by atoms with Gasteiger partial charge in [0, 0.05) is 23.8 Å². The Morgan fingerprint density at radius 1 is 1.58 bits per heavy atom. The standard InChI is InChI=1S/C14H21BrFN3/c1-2-6-19(10-11-4-3-5-17-8-11)14-13(16)7-12(15)9-18-14/h7,9,11,17H,2-6,8,10H2,1H3. The molecular weight excluding hydrogens is 309 g/mol. The van der Waals surface area contributed by atoms with Crippen molar-refractivity contribution in [3.63, 3.8) is 0 Å². The van der Waals surface area contributed by atoms with Gasteiger partial charge < -0.3 is 10.2 Å². The molecule has 1 aliphatic rings. The van der Waals surface area contributed by atoms with Crippen molar-refractivity contribution < 1.29 is 4.39 Å². The summed E-state index contributed by atoms with van der Waals surface area (Å²) >= 11 is 3.25. The second-order valence-electron chi connectivity index (χ2n) is 5.12. The maximum atomic E-state index is 14.0. The predicted molar refractivity (Wildman–Crippen MR) is 80.0 cm³/mol. The van der Waals surface area contributed by atoms with Crippen LogP contribution in [0.1, 0.15) is 26.2 Å². The van der Waals surface area contributed by atoms with Crippen LogP contribution in [-0.4, -0.2) is 31.2 Å². The van der Waals surface area contributed by atoms with Crippen LogP contribution in [-0.2, 0) is 0 Å². The summed E-state index contributed by atoms with van der Waals surface area (Å²) in [5.41, 5.74) is 0. The topological polar surface area (TPSA) is 28.2 Å². The summed E-state index contributed by atoms with van der Waals surface area (Å²) in [7, 11) is 0. The maximum Gasteiger partial charge on any atom is 0.166 e. The van der Waals surface area contributed by atoms with Crippen molar-refractivity contribution in [1.29, 1.82) is 0 Å². The molecule has 0 spiro atoms. The van der Waals surface area contributed by atoms with Crippen molar-refractivity contribution in [3.8, 4) is 0 Å². The first-order valence-electron chi connectivity index (χ1n) is 6.97. The third-order valence-corrected chi connectivity index (χ3v) is 3.89. The third-order valence-electron chi connectivity index (χ3n) is 3.46. The normalized spacial score (nSPS) is 19.4. The van der Waals surface area contributed by atoms with E-state index in [0.29, 0.717) is 16.2 Å². The number of rotatable bonds is 5. The summed E-state index contributed by atoms with van der Waals surface area (Å²) in [4.78, 5) is 6.33. The molecule has 1 aliphatic heterocycles. The lowest BCUT2D eigenvalue weighted by Crippen LogP contribution is -2.39. The number of aromatic nitrogens is 1. The molecule has 1 fully saturated rings. The van der Waals surface area contributed by atoms with Gasteiger partial charge in [-0.25, -0.2) is 9.37 Å². The molecule has 2 heterocycles. The Morgan fingerprint density at radius 3 is 3.05 bits per heavy atom. The lowest BCUT2D eigenvalue weighted by molar-refractivity contribution is 0.374. The van der Waals surface area contributed by atoms with Crippen LogP contribution in [0.5, 0.6) is 0 Å². The van der Waals surface area contributed by atoms with Gasteiger partial charge in [-0.05, 0) is 60.3 Å². The van der Waals surface area contributed by atoms with Gasteiger partial charge in [0.15, 0.2) is 11.6 Å². The Kier molecular flexibility index (Phi) is 5.58. The zero-order valence-corrected chi connectivity index (χ0v) is 12.9. The number of nitrogens with one attached hydrogen (secondary N) is 1. The first-order chi connectivity index (χ1) is 9.20. The van der Waals surface area contributed by atoms with E-state index in [1.807, 2.05) is 0 Å². The first kappa shape index (κ1) is 14.7. The molecule has 5 heteroatoms. The number of nitrogens with zero attached hydrogens (tertiary/aromatic N) is 2. The SMILES string of the molecule is CCCN(CC1CCCNC1)c1ncc(Br)cc1F. The fourth-order valence-electron chi connectivity index (χ4n) is 2.59. The highest BCUT2D eigenvalue weighted by molar-refractivity contribution is 9.10. The van der Waals surface area contributed by atoms with Crippen molar-refractivity contribution in [2.45, 2.75) is 26.2 Å². The molecule has 1 aromatic heterocycles. The highest BCUT2D eigenvalue weighted by Crippen LogP contribution is 2.22. The highest BCUT2D eigenvalue weighted by atomic mass is 79.9. The minimum Gasteiger partial charge on any atom is -0.354 e. The molecule has 0 saturated carbocycles. The molecule has 0 bridgehead atoms. The summed E-state index contributed by atoms with van der Waals surface area (Å²) in [6.07, 6.45) is 5.09. The summed E-state index contributed by atoms with van der Waals surface area (Å²) in [6, 6.07) is 1.49. The van der Waals surface area contributed by atoms with E-state index in [0.717, 1.165) is 32.6 Å². The molecule has 19 heavy (non-hydrogen) atoms. The van der Waals surface area contributed by atoms with Crippen molar-refractivity contribution >= 4 is 21.7 Å². The van der Waals surface area contributed by atoms with Crippen molar-refractivity contribution in [2.75, 3.05) is 31.1 Å². The summed E-state index contributed by atoms with van der Waals surface area (Å²) < 4.78 is 14.7. The van der Waals surface area contributed by atoms with E-state index in [1.165, 1.54) is 18.9 Å². The quantitative estimate of drug-likeness (QED) is 0.899. The Bertz CT molecular complexity index is 408. The summed E-state index contributed by atoms with van der Waals surface area (Å²) in [5.74, 6) is 0.826. The minimum atomic E-state index is -0.244. The second kappa shape index (κ2) is 7.20. The van der Waals surface area contributed by atoms with Gasteiger partial charge >= 0.3 is 0 Å². The Balaban J connectivity index is 2.09. The van der Waals surface area contributed by atoms with Crippen LogP contribution in [0.25, 0.3) is 0 Å². The van der Waals surface area contributed by atoms with Crippen LogP contribution in [0.2, 0.25) is 0 Å². The van der Waals surface area contributed by atoms with E-state index in [1.54, 1.807) is 6.20 Å². The highest BCUT2D eigenvalue weighted by Gasteiger charge is 2.19. The van der Waals surface area contributed by atoms with E-state index < -0.39 is 0 Å². The van der Waals surface area contributed by atoms with Gasteiger partial charge in [-0.3, -0.25) is 0 Å². The van der Waals surface area contributed by atoms with E-state index in [-0.39, 0.29) is 5.82 Å². The van der Waals surface area contributed by atoms with Gasteiger partial charge in [0.05, 0.1) is 0 Å². The molecule has 0 aliphatic carbocycles. The molecule has 0 radical (unpaired) electrons. The van der Waals surface area contributed by atoms with Crippen LogP contribution < -0.4 is 10.2 Å². The number of piperidine rings is 1. The molecule has 0 aromatic carbocycles. The van der Waals surface area contributed by atoms with Gasteiger partial charge in [0.2, 0.25) is 0 Å². The average molecular weight is 330 g/mol. The van der Waals surface area contributed by atoms with Crippen LogP contribution in [0, 0.1) is 11.7 Å². The molecule has 106 valence electrons. The smallest absolute Gasteiger partial charge is 0.166 e. The average Bonchev–Trinajstić information content (AvgIpc) is 2.39. The molecule has 0 amide bonds. The van der Waals surface area contributed by atoms with Gasteiger partial charge in [0.25, 0.3) is 0 Å². The Labute approximate surface area is 122 Å². The molecule has 3 nitrogen and oxygen atoms in total. The first-order valence-corrected chi connectivity index (χ1v) is 7.76. The fraction of sp³-hybridized carbons (Fsp3) is 0.643. The summed E-state index contributed by atoms with van der Waals surface area (Å²) in [6.45, 7) is 5.98. The number of pyridine rings is 1. The molecule has 1 atom stereocenters.